The number of halogens is 4. The zero-order chi connectivity index (χ0) is 13.9. The molecule has 1 aromatic carbocycles. The zero-order valence-electron chi connectivity index (χ0n) is 9.67. The monoisotopic (exact) mass is 306 g/mol. The molecule has 1 aromatic heterocycles. The summed E-state index contributed by atoms with van der Waals surface area (Å²) in [5, 5.41) is 5.17. The number of rotatable bonds is 4. The van der Waals surface area contributed by atoms with Crippen molar-refractivity contribution < 1.29 is 13.2 Å². The summed E-state index contributed by atoms with van der Waals surface area (Å²) in [7, 11) is 0. The first-order valence-electron chi connectivity index (χ1n) is 5.40. The maximum Gasteiger partial charge on any atom is 0.393 e. The van der Waals surface area contributed by atoms with Crippen molar-refractivity contribution in [3.63, 3.8) is 0 Å². The average Bonchev–Trinajstić information content (AvgIpc) is 2.81. The van der Waals surface area contributed by atoms with Crippen LogP contribution in [0.1, 0.15) is 11.3 Å². The zero-order valence-corrected chi connectivity index (χ0v) is 11.2. The summed E-state index contributed by atoms with van der Waals surface area (Å²) in [6, 6.07) is 4.34. The number of nitrogens with one attached hydrogen (secondary N) is 1. The van der Waals surface area contributed by atoms with Gasteiger partial charge >= 0.3 is 6.18 Å². The molecule has 0 aliphatic rings. The minimum atomic E-state index is -4.25. The van der Waals surface area contributed by atoms with Crippen LogP contribution in [0, 0.1) is 0 Å². The van der Waals surface area contributed by atoms with E-state index in [9.17, 15) is 13.2 Å². The number of benzene rings is 1. The lowest BCUT2D eigenvalue weighted by Gasteiger charge is -2.13. The molecular weight excluding hydrogens is 297 g/mol. The maximum atomic E-state index is 12.5. The molecule has 0 aliphatic heterocycles. The third kappa shape index (κ3) is 4.40. The number of alkyl halides is 3. The van der Waals surface area contributed by atoms with Gasteiger partial charge in [0.1, 0.15) is 0 Å². The van der Waals surface area contributed by atoms with Gasteiger partial charge in [-0.1, -0.05) is 17.7 Å². The molecule has 0 amide bonds. The van der Waals surface area contributed by atoms with Crippen molar-refractivity contribution in [2.24, 2.45) is 0 Å². The van der Waals surface area contributed by atoms with Gasteiger partial charge in [0.2, 0.25) is 0 Å². The van der Waals surface area contributed by atoms with Crippen LogP contribution in [0.25, 0.3) is 0 Å². The molecule has 0 spiro atoms. The van der Waals surface area contributed by atoms with Crippen LogP contribution >= 0.6 is 22.9 Å². The van der Waals surface area contributed by atoms with E-state index in [4.69, 9.17) is 11.6 Å². The summed E-state index contributed by atoms with van der Waals surface area (Å²) < 4.78 is 37.4. The Kier molecular flexibility index (Phi) is 4.31. The lowest BCUT2D eigenvalue weighted by Crippen LogP contribution is -2.13. The summed E-state index contributed by atoms with van der Waals surface area (Å²) in [4.78, 5) is 4.06. The van der Waals surface area contributed by atoms with E-state index in [-0.39, 0.29) is 5.56 Å². The first-order valence-corrected chi connectivity index (χ1v) is 6.72. The molecule has 2 nitrogen and oxygen atoms in total. The Hall–Kier alpha value is -1.27. The average molecular weight is 307 g/mol. The highest BCUT2D eigenvalue weighted by molar-refractivity contribution is 7.07. The Morgan fingerprint density at radius 1 is 1.32 bits per heavy atom. The molecule has 0 aliphatic carbocycles. The smallest absolute Gasteiger partial charge is 0.379 e. The summed E-state index contributed by atoms with van der Waals surface area (Å²) in [5.41, 5.74) is 3.01. The fourth-order valence-corrected chi connectivity index (χ4v) is 2.32. The minimum Gasteiger partial charge on any atom is -0.379 e. The maximum absolute atomic E-state index is 12.5. The van der Waals surface area contributed by atoms with Gasteiger partial charge in [0.05, 0.1) is 24.2 Å². The Balaban J connectivity index is 2.15. The molecule has 0 atom stereocenters. The molecule has 0 fully saturated rings. The van der Waals surface area contributed by atoms with Gasteiger partial charge in [-0.15, -0.1) is 11.3 Å². The third-order valence-electron chi connectivity index (χ3n) is 2.41. The van der Waals surface area contributed by atoms with Gasteiger partial charge < -0.3 is 5.32 Å². The Bertz CT molecular complexity index is 540. The highest BCUT2D eigenvalue weighted by atomic mass is 35.5. The van der Waals surface area contributed by atoms with Crippen LogP contribution in [-0.2, 0) is 13.0 Å². The van der Waals surface area contributed by atoms with Crippen molar-refractivity contribution >= 4 is 28.6 Å². The summed E-state index contributed by atoms with van der Waals surface area (Å²) in [6.07, 6.45) is -5.23. The normalized spacial score (nSPS) is 11.6. The lowest BCUT2D eigenvalue weighted by molar-refractivity contribution is -0.127. The van der Waals surface area contributed by atoms with Crippen LogP contribution in [-0.4, -0.2) is 11.2 Å². The molecule has 0 radical (unpaired) electrons. The third-order valence-corrected chi connectivity index (χ3v) is 3.28. The molecule has 7 heteroatoms. The number of hydrogen-bond donors (Lipinski definition) is 1. The molecule has 1 heterocycles. The topological polar surface area (TPSA) is 24.9 Å². The largest absolute Gasteiger partial charge is 0.393 e. The fraction of sp³-hybridized carbons (Fsp3) is 0.250. The van der Waals surface area contributed by atoms with Crippen molar-refractivity contribution in [3.05, 3.63) is 45.4 Å². The van der Waals surface area contributed by atoms with E-state index < -0.39 is 12.6 Å². The quantitative estimate of drug-likeness (QED) is 0.898. The molecule has 0 unspecified atom stereocenters. The van der Waals surface area contributed by atoms with Crippen LogP contribution in [0.2, 0.25) is 5.02 Å². The van der Waals surface area contributed by atoms with Gasteiger partial charge in [-0.25, -0.2) is 4.98 Å². The van der Waals surface area contributed by atoms with E-state index >= 15 is 0 Å². The fourth-order valence-electron chi connectivity index (χ4n) is 1.59. The van der Waals surface area contributed by atoms with E-state index in [0.29, 0.717) is 17.3 Å². The molecule has 2 aromatic rings. The molecule has 2 rings (SSSR count). The highest BCUT2D eigenvalue weighted by Gasteiger charge is 2.28. The van der Waals surface area contributed by atoms with Gasteiger partial charge in [-0.3, -0.25) is 0 Å². The Labute approximate surface area is 117 Å². The van der Waals surface area contributed by atoms with Crippen molar-refractivity contribution in [2.75, 3.05) is 5.32 Å². The van der Waals surface area contributed by atoms with Gasteiger partial charge in [0.25, 0.3) is 0 Å². The Morgan fingerprint density at radius 2 is 2.11 bits per heavy atom. The van der Waals surface area contributed by atoms with E-state index in [1.54, 1.807) is 5.51 Å². The Morgan fingerprint density at radius 3 is 2.74 bits per heavy atom. The van der Waals surface area contributed by atoms with E-state index in [0.717, 1.165) is 5.69 Å². The minimum absolute atomic E-state index is 0.173. The van der Waals surface area contributed by atoms with Crippen molar-refractivity contribution in [1.29, 1.82) is 0 Å². The molecule has 0 saturated carbocycles. The molecular formula is C12H10ClF3N2S. The van der Waals surface area contributed by atoms with Gasteiger partial charge in [0.15, 0.2) is 0 Å². The van der Waals surface area contributed by atoms with Crippen LogP contribution in [0.5, 0.6) is 0 Å². The number of nitrogens with zero attached hydrogens (tertiary/aromatic N) is 1. The second kappa shape index (κ2) is 5.79. The van der Waals surface area contributed by atoms with E-state index in [1.165, 1.54) is 29.5 Å². The second-order valence-corrected chi connectivity index (χ2v) is 5.08. The summed E-state index contributed by atoms with van der Waals surface area (Å²) in [6.45, 7) is 0.370. The van der Waals surface area contributed by atoms with Gasteiger partial charge in [-0.2, -0.15) is 13.2 Å². The lowest BCUT2D eigenvalue weighted by atomic mass is 10.1. The molecule has 0 bridgehead atoms. The van der Waals surface area contributed by atoms with Gasteiger partial charge in [-0.05, 0) is 17.7 Å². The highest BCUT2D eigenvalue weighted by Crippen LogP contribution is 2.28. The number of anilines is 1. The van der Waals surface area contributed by atoms with Gasteiger partial charge in [0, 0.05) is 16.1 Å². The number of aromatic nitrogens is 1. The standard InChI is InChI=1S/C12H10ClF3N2S/c13-9-2-1-8(4-12(14,15)16)11(3-9)17-5-10-6-19-7-18-10/h1-3,6-7,17H,4-5H2. The number of thiazole rings is 1. The van der Waals surface area contributed by atoms with Crippen LogP contribution < -0.4 is 5.32 Å². The first-order chi connectivity index (χ1) is 8.94. The van der Waals surface area contributed by atoms with Crippen molar-refractivity contribution in [1.82, 2.24) is 4.98 Å². The van der Waals surface area contributed by atoms with Crippen LogP contribution in [0.4, 0.5) is 18.9 Å². The first kappa shape index (κ1) is 14.1. The summed E-state index contributed by atoms with van der Waals surface area (Å²) >= 11 is 7.25. The van der Waals surface area contributed by atoms with E-state index in [1.807, 2.05) is 5.38 Å². The van der Waals surface area contributed by atoms with Crippen molar-refractivity contribution in [3.8, 4) is 0 Å². The van der Waals surface area contributed by atoms with Crippen LogP contribution in [0.3, 0.4) is 0 Å². The van der Waals surface area contributed by atoms with Crippen molar-refractivity contribution in [2.45, 2.75) is 19.1 Å². The molecule has 19 heavy (non-hydrogen) atoms. The van der Waals surface area contributed by atoms with Crippen LogP contribution in [0.15, 0.2) is 29.1 Å². The molecule has 0 saturated heterocycles. The predicted molar refractivity (Wildman–Crippen MR) is 70.7 cm³/mol. The van der Waals surface area contributed by atoms with E-state index in [2.05, 4.69) is 10.3 Å². The predicted octanol–water partition coefficient (Wildman–Crippen LogP) is 4.51. The second-order valence-electron chi connectivity index (χ2n) is 3.93. The SMILES string of the molecule is FC(F)(F)Cc1ccc(Cl)cc1NCc1cscn1. The summed E-state index contributed by atoms with van der Waals surface area (Å²) in [5.74, 6) is 0. The number of hydrogen-bond acceptors (Lipinski definition) is 3. The molecule has 102 valence electrons. The molecule has 1 N–H and O–H groups in total.